The summed E-state index contributed by atoms with van der Waals surface area (Å²) in [6.45, 7) is 1.83. The van der Waals surface area contributed by atoms with Crippen molar-refractivity contribution in [1.82, 2.24) is 0 Å². The van der Waals surface area contributed by atoms with Crippen LogP contribution in [0.3, 0.4) is 0 Å². The van der Waals surface area contributed by atoms with Crippen LogP contribution < -0.4 is 0 Å². The number of alkyl halides is 1. The molecule has 1 heterocycles. The Kier molecular flexibility index (Phi) is 3.84. The van der Waals surface area contributed by atoms with Gasteiger partial charge in [-0.2, -0.15) is 0 Å². The fourth-order valence-electron chi connectivity index (χ4n) is 1.06. The molecule has 1 saturated heterocycles. The van der Waals surface area contributed by atoms with Gasteiger partial charge in [0.2, 0.25) is 0 Å². The lowest BCUT2D eigenvalue weighted by atomic mass is 10.1. The van der Waals surface area contributed by atoms with Gasteiger partial charge in [0.15, 0.2) is 0 Å². The molecule has 0 aromatic rings. The molecule has 0 spiro atoms. The van der Waals surface area contributed by atoms with Crippen LogP contribution >= 0.6 is 11.6 Å². The Labute approximate surface area is 67.0 Å². The van der Waals surface area contributed by atoms with Crippen molar-refractivity contribution in [3.63, 3.8) is 0 Å². The number of hydrogen-bond acceptors (Lipinski definition) is 1. The standard InChI is InChI=1S/C8H13ClO/c9-5-2-1-3-8-4-6-10-7-8/h1,3,8H,2,4-7H2/b3-1+. The van der Waals surface area contributed by atoms with Gasteiger partial charge in [0, 0.05) is 18.4 Å². The summed E-state index contributed by atoms with van der Waals surface area (Å²) in [7, 11) is 0. The summed E-state index contributed by atoms with van der Waals surface area (Å²) < 4.78 is 5.20. The number of ether oxygens (including phenoxy) is 1. The first kappa shape index (κ1) is 8.09. The maximum Gasteiger partial charge on any atom is 0.0529 e. The molecule has 0 radical (unpaired) electrons. The van der Waals surface area contributed by atoms with Gasteiger partial charge < -0.3 is 4.74 Å². The van der Waals surface area contributed by atoms with Crippen molar-refractivity contribution in [2.45, 2.75) is 12.8 Å². The lowest BCUT2D eigenvalue weighted by molar-refractivity contribution is 0.191. The van der Waals surface area contributed by atoms with Crippen LogP contribution in [0.2, 0.25) is 0 Å². The second-order valence-corrected chi connectivity index (χ2v) is 2.91. The highest BCUT2D eigenvalue weighted by atomic mass is 35.5. The van der Waals surface area contributed by atoms with E-state index in [1.807, 2.05) is 0 Å². The Balaban J connectivity index is 2.10. The molecule has 0 aromatic carbocycles. The molecular weight excluding hydrogens is 148 g/mol. The average molecular weight is 161 g/mol. The van der Waals surface area contributed by atoms with E-state index < -0.39 is 0 Å². The SMILES string of the molecule is ClCC/C=C/C1CCOC1. The molecule has 10 heavy (non-hydrogen) atoms. The monoisotopic (exact) mass is 160 g/mol. The van der Waals surface area contributed by atoms with Crippen molar-refractivity contribution in [2.24, 2.45) is 5.92 Å². The fourth-order valence-corrected chi connectivity index (χ4v) is 1.18. The second kappa shape index (κ2) is 4.75. The third-order valence-corrected chi connectivity index (χ3v) is 1.87. The summed E-state index contributed by atoms with van der Waals surface area (Å²) in [6, 6.07) is 0. The molecule has 0 bridgehead atoms. The molecular formula is C8H13ClO. The van der Waals surface area contributed by atoms with E-state index in [9.17, 15) is 0 Å². The molecule has 0 aliphatic carbocycles. The van der Waals surface area contributed by atoms with Gasteiger partial charge in [-0.15, -0.1) is 11.6 Å². The van der Waals surface area contributed by atoms with Gasteiger partial charge in [0.25, 0.3) is 0 Å². The van der Waals surface area contributed by atoms with Crippen molar-refractivity contribution in [1.29, 1.82) is 0 Å². The molecule has 0 saturated carbocycles. The lowest BCUT2D eigenvalue weighted by Crippen LogP contribution is -1.92. The predicted octanol–water partition coefficient (Wildman–Crippen LogP) is 2.21. The minimum atomic E-state index is 0.656. The van der Waals surface area contributed by atoms with Crippen molar-refractivity contribution in [2.75, 3.05) is 19.1 Å². The maximum absolute atomic E-state index is 5.50. The zero-order chi connectivity index (χ0) is 7.23. The molecule has 1 rings (SSSR count). The Bertz CT molecular complexity index is 106. The third-order valence-electron chi connectivity index (χ3n) is 1.65. The smallest absolute Gasteiger partial charge is 0.0529 e. The minimum Gasteiger partial charge on any atom is -0.381 e. The summed E-state index contributed by atoms with van der Waals surface area (Å²) in [5, 5.41) is 0. The molecule has 0 amide bonds. The van der Waals surface area contributed by atoms with Gasteiger partial charge >= 0.3 is 0 Å². The normalized spacial score (nSPS) is 26.3. The van der Waals surface area contributed by atoms with E-state index in [4.69, 9.17) is 16.3 Å². The summed E-state index contributed by atoms with van der Waals surface area (Å²) in [5.41, 5.74) is 0. The highest BCUT2D eigenvalue weighted by Crippen LogP contribution is 2.13. The van der Waals surface area contributed by atoms with Crippen molar-refractivity contribution < 1.29 is 4.74 Å². The van der Waals surface area contributed by atoms with Crippen LogP contribution in [0, 0.1) is 5.92 Å². The van der Waals surface area contributed by atoms with Gasteiger partial charge in [-0.1, -0.05) is 12.2 Å². The molecule has 1 aliphatic rings. The number of allylic oxidation sites excluding steroid dienone is 1. The fraction of sp³-hybridized carbons (Fsp3) is 0.750. The summed E-state index contributed by atoms with van der Waals surface area (Å²) in [4.78, 5) is 0. The zero-order valence-electron chi connectivity index (χ0n) is 6.05. The van der Waals surface area contributed by atoms with E-state index in [-0.39, 0.29) is 0 Å². The molecule has 0 aromatic heterocycles. The topological polar surface area (TPSA) is 9.23 Å². The summed E-state index contributed by atoms with van der Waals surface area (Å²) >= 11 is 5.50. The minimum absolute atomic E-state index is 0.656. The van der Waals surface area contributed by atoms with Crippen molar-refractivity contribution in [3.05, 3.63) is 12.2 Å². The van der Waals surface area contributed by atoms with Crippen LogP contribution in [0.1, 0.15) is 12.8 Å². The van der Waals surface area contributed by atoms with Gasteiger partial charge in [-0.25, -0.2) is 0 Å². The summed E-state index contributed by atoms with van der Waals surface area (Å²) in [6.07, 6.45) is 6.53. The van der Waals surface area contributed by atoms with Crippen molar-refractivity contribution in [3.8, 4) is 0 Å². The zero-order valence-corrected chi connectivity index (χ0v) is 6.81. The second-order valence-electron chi connectivity index (χ2n) is 2.53. The van der Waals surface area contributed by atoms with E-state index in [1.165, 1.54) is 6.42 Å². The first-order chi connectivity index (χ1) is 4.93. The van der Waals surface area contributed by atoms with Gasteiger partial charge in [-0.05, 0) is 12.8 Å². The molecule has 1 unspecified atom stereocenters. The highest BCUT2D eigenvalue weighted by molar-refractivity contribution is 6.17. The van der Waals surface area contributed by atoms with Crippen LogP contribution in [0.5, 0.6) is 0 Å². The lowest BCUT2D eigenvalue weighted by Gasteiger charge is -1.96. The van der Waals surface area contributed by atoms with E-state index in [0.29, 0.717) is 5.92 Å². The molecule has 1 nitrogen and oxygen atoms in total. The van der Waals surface area contributed by atoms with Gasteiger partial charge in [-0.3, -0.25) is 0 Å². The molecule has 1 fully saturated rings. The van der Waals surface area contributed by atoms with E-state index in [2.05, 4.69) is 12.2 Å². The van der Waals surface area contributed by atoms with Gasteiger partial charge in [0.1, 0.15) is 0 Å². The van der Waals surface area contributed by atoms with Crippen LogP contribution in [0.15, 0.2) is 12.2 Å². The highest BCUT2D eigenvalue weighted by Gasteiger charge is 2.10. The Morgan fingerprint density at radius 2 is 2.50 bits per heavy atom. The van der Waals surface area contributed by atoms with E-state index in [1.54, 1.807) is 0 Å². The Morgan fingerprint density at radius 1 is 1.60 bits per heavy atom. The third kappa shape index (κ3) is 2.72. The Morgan fingerprint density at radius 3 is 3.10 bits per heavy atom. The number of rotatable bonds is 3. The van der Waals surface area contributed by atoms with E-state index >= 15 is 0 Å². The van der Waals surface area contributed by atoms with Gasteiger partial charge in [0.05, 0.1) is 6.61 Å². The predicted molar refractivity (Wildman–Crippen MR) is 43.4 cm³/mol. The number of hydrogen-bond donors (Lipinski definition) is 0. The average Bonchev–Trinajstić information content (AvgIpc) is 2.41. The van der Waals surface area contributed by atoms with Crippen LogP contribution in [-0.2, 0) is 4.74 Å². The van der Waals surface area contributed by atoms with Crippen LogP contribution in [-0.4, -0.2) is 19.1 Å². The molecule has 0 N–H and O–H groups in total. The first-order valence-corrected chi connectivity index (χ1v) is 4.27. The van der Waals surface area contributed by atoms with Crippen LogP contribution in [0.4, 0.5) is 0 Å². The summed E-state index contributed by atoms with van der Waals surface area (Å²) in [5.74, 6) is 1.38. The van der Waals surface area contributed by atoms with E-state index in [0.717, 1.165) is 25.5 Å². The maximum atomic E-state index is 5.50. The molecule has 1 aliphatic heterocycles. The number of halogens is 1. The molecule has 58 valence electrons. The largest absolute Gasteiger partial charge is 0.381 e. The molecule has 2 heteroatoms. The first-order valence-electron chi connectivity index (χ1n) is 3.74. The van der Waals surface area contributed by atoms with Crippen LogP contribution in [0.25, 0.3) is 0 Å². The van der Waals surface area contributed by atoms with Crippen molar-refractivity contribution >= 4 is 11.6 Å². The molecule has 1 atom stereocenters. The quantitative estimate of drug-likeness (QED) is 0.455. The Hall–Kier alpha value is -0.0100.